The van der Waals surface area contributed by atoms with Crippen LogP contribution in [-0.2, 0) is 18.5 Å². The van der Waals surface area contributed by atoms with E-state index in [1.807, 2.05) is 5.38 Å². The van der Waals surface area contributed by atoms with Crippen molar-refractivity contribution in [3.63, 3.8) is 0 Å². The zero-order chi connectivity index (χ0) is 16.2. The van der Waals surface area contributed by atoms with Crippen molar-refractivity contribution in [1.82, 2.24) is 15.1 Å². The predicted molar refractivity (Wildman–Crippen MR) is 90.7 cm³/mol. The molecule has 0 saturated carbocycles. The second-order valence-corrected chi connectivity index (χ2v) is 7.46. The van der Waals surface area contributed by atoms with E-state index in [-0.39, 0.29) is 12.0 Å². The Labute approximate surface area is 136 Å². The summed E-state index contributed by atoms with van der Waals surface area (Å²) in [6.45, 7) is 8.10. The average Bonchev–Trinajstić information content (AvgIpc) is 3.05. The SMILES string of the molecule is CN(Cc1cc(C(C)(C)C)n[nH]1)Cc1cc(C#CCO)cs1. The first-order valence-corrected chi connectivity index (χ1v) is 8.17. The van der Waals surface area contributed by atoms with Crippen molar-refractivity contribution in [2.75, 3.05) is 13.7 Å². The van der Waals surface area contributed by atoms with Gasteiger partial charge < -0.3 is 5.11 Å². The molecular weight excluding hydrogens is 294 g/mol. The van der Waals surface area contributed by atoms with Gasteiger partial charge in [0.25, 0.3) is 0 Å². The van der Waals surface area contributed by atoms with Crippen LogP contribution in [0.3, 0.4) is 0 Å². The molecule has 2 aromatic heterocycles. The van der Waals surface area contributed by atoms with Crippen molar-refractivity contribution in [2.45, 2.75) is 39.3 Å². The molecule has 0 amide bonds. The molecular formula is C17H23N3OS. The minimum absolute atomic E-state index is 0.0708. The van der Waals surface area contributed by atoms with E-state index in [1.54, 1.807) is 11.3 Å². The molecule has 4 nitrogen and oxygen atoms in total. The van der Waals surface area contributed by atoms with Crippen molar-refractivity contribution in [3.05, 3.63) is 39.3 Å². The monoisotopic (exact) mass is 317 g/mol. The van der Waals surface area contributed by atoms with Crippen LogP contribution in [0.25, 0.3) is 0 Å². The van der Waals surface area contributed by atoms with Crippen LogP contribution in [0.15, 0.2) is 17.5 Å². The Hall–Kier alpha value is -1.61. The average molecular weight is 317 g/mol. The van der Waals surface area contributed by atoms with E-state index in [4.69, 9.17) is 5.11 Å². The number of H-pyrrole nitrogens is 1. The lowest BCUT2D eigenvalue weighted by Gasteiger charge is -2.15. The lowest BCUT2D eigenvalue weighted by molar-refractivity contribution is 0.318. The van der Waals surface area contributed by atoms with Gasteiger partial charge in [0, 0.05) is 40.0 Å². The lowest BCUT2D eigenvalue weighted by atomic mass is 9.92. The number of aromatic amines is 1. The van der Waals surface area contributed by atoms with Gasteiger partial charge in [-0.15, -0.1) is 11.3 Å². The van der Waals surface area contributed by atoms with E-state index in [9.17, 15) is 0 Å². The fraction of sp³-hybridized carbons (Fsp3) is 0.471. The normalized spacial score (nSPS) is 11.5. The summed E-state index contributed by atoms with van der Waals surface area (Å²) in [5.41, 5.74) is 3.26. The molecule has 2 rings (SSSR count). The van der Waals surface area contributed by atoms with Crippen LogP contribution in [0, 0.1) is 11.8 Å². The number of hydrogen-bond acceptors (Lipinski definition) is 4. The molecule has 0 aliphatic heterocycles. The summed E-state index contributed by atoms with van der Waals surface area (Å²) >= 11 is 1.70. The number of nitrogens with zero attached hydrogens (tertiary/aromatic N) is 2. The first kappa shape index (κ1) is 16.8. The highest BCUT2D eigenvalue weighted by Crippen LogP contribution is 2.21. The minimum Gasteiger partial charge on any atom is -0.384 e. The molecule has 2 N–H and O–H groups in total. The number of aromatic nitrogens is 2. The Kier molecular flexibility index (Phi) is 5.41. The molecule has 2 aromatic rings. The van der Waals surface area contributed by atoms with E-state index in [1.165, 1.54) is 4.88 Å². The van der Waals surface area contributed by atoms with Crippen molar-refractivity contribution >= 4 is 11.3 Å². The summed E-state index contributed by atoms with van der Waals surface area (Å²) in [6, 6.07) is 4.22. The van der Waals surface area contributed by atoms with Crippen LogP contribution in [-0.4, -0.2) is 33.9 Å². The van der Waals surface area contributed by atoms with Gasteiger partial charge in [-0.1, -0.05) is 32.6 Å². The largest absolute Gasteiger partial charge is 0.384 e. The molecule has 0 radical (unpaired) electrons. The topological polar surface area (TPSA) is 52.2 Å². The van der Waals surface area contributed by atoms with Crippen LogP contribution in [0.2, 0.25) is 0 Å². The molecule has 0 saturated heterocycles. The summed E-state index contributed by atoms with van der Waals surface area (Å²) in [4.78, 5) is 3.51. The van der Waals surface area contributed by atoms with Gasteiger partial charge in [-0.2, -0.15) is 5.10 Å². The summed E-state index contributed by atoms with van der Waals surface area (Å²) in [5.74, 6) is 5.61. The highest BCUT2D eigenvalue weighted by molar-refractivity contribution is 7.10. The molecule has 0 aliphatic rings. The Morgan fingerprint density at radius 2 is 2.09 bits per heavy atom. The fourth-order valence-corrected chi connectivity index (χ4v) is 3.01. The Bertz CT molecular complexity index is 670. The van der Waals surface area contributed by atoms with E-state index in [2.05, 4.69) is 66.9 Å². The summed E-state index contributed by atoms with van der Waals surface area (Å²) in [6.07, 6.45) is 0. The fourth-order valence-electron chi connectivity index (χ4n) is 2.11. The molecule has 0 aliphatic carbocycles. The molecule has 118 valence electrons. The number of nitrogens with one attached hydrogen (secondary N) is 1. The van der Waals surface area contributed by atoms with E-state index in [0.717, 1.165) is 30.0 Å². The van der Waals surface area contributed by atoms with Gasteiger partial charge in [0.1, 0.15) is 6.61 Å². The van der Waals surface area contributed by atoms with Crippen molar-refractivity contribution in [3.8, 4) is 11.8 Å². The Morgan fingerprint density at radius 1 is 1.32 bits per heavy atom. The summed E-state index contributed by atoms with van der Waals surface area (Å²) in [7, 11) is 2.09. The molecule has 0 bridgehead atoms. The number of aliphatic hydroxyl groups is 1. The van der Waals surface area contributed by atoms with Gasteiger partial charge in [-0.25, -0.2) is 0 Å². The van der Waals surface area contributed by atoms with Gasteiger partial charge in [0.2, 0.25) is 0 Å². The zero-order valence-corrected chi connectivity index (χ0v) is 14.4. The zero-order valence-electron chi connectivity index (χ0n) is 13.6. The van der Waals surface area contributed by atoms with E-state index in [0.29, 0.717) is 0 Å². The lowest BCUT2D eigenvalue weighted by Crippen LogP contribution is -2.16. The second kappa shape index (κ2) is 7.10. The van der Waals surface area contributed by atoms with Crippen molar-refractivity contribution in [2.24, 2.45) is 0 Å². The van der Waals surface area contributed by atoms with Gasteiger partial charge in [-0.3, -0.25) is 10.00 Å². The quantitative estimate of drug-likeness (QED) is 0.853. The summed E-state index contributed by atoms with van der Waals surface area (Å²) < 4.78 is 0. The molecule has 2 heterocycles. The first-order chi connectivity index (χ1) is 10.4. The maximum Gasteiger partial charge on any atom is 0.104 e. The molecule has 0 aromatic carbocycles. The van der Waals surface area contributed by atoms with Crippen LogP contribution in [0.5, 0.6) is 0 Å². The van der Waals surface area contributed by atoms with Crippen LogP contribution >= 0.6 is 11.3 Å². The number of rotatable bonds is 4. The Balaban J connectivity index is 1.94. The molecule has 0 atom stereocenters. The van der Waals surface area contributed by atoms with Crippen molar-refractivity contribution in [1.29, 1.82) is 0 Å². The third kappa shape index (κ3) is 4.70. The number of hydrogen-bond donors (Lipinski definition) is 2. The molecule has 0 fully saturated rings. The highest BCUT2D eigenvalue weighted by atomic mass is 32.1. The third-order valence-electron chi connectivity index (χ3n) is 3.23. The highest BCUT2D eigenvalue weighted by Gasteiger charge is 2.17. The van der Waals surface area contributed by atoms with Crippen LogP contribution in [0.4, 0.5) is 0 Å². The van der Waals surface area contributed by atoms with Crippen LogP contribution < -0.4 is 0 Å². The maximum absolute atomic E-state index is 8.72. The third-order valence-corrected chi connectivity index (χ3v) is 4.15. The van der Waals surface area contributed by atoms with Crippen LogP contribution in [0.1, 0.15) is 42.6 Å². The molecule has 22 heavy (non-hydrogen) atoms. The standard InChI is InChI=1S/C17H23N3OS/c1-17(2,3)16-9-14(18-19-16)10-20(4)11-15-8-13(12-22-15)6-5-7-21/h8-9,12,21H,7,10-11H2,1-4H3,(H,18,19). The maximum atomic E-state index is 8.72. The number of thiophene rings is 1. The number of aliphatic hydroxyl groups excluding tert-OH is 1. The van der Waals surface area contributed by atoms with Gasteiger partial charge in [0.05, 0.1) is 5.69 Å². The first-order valence-electron chi connectivity index (χ1n) is 7.29. The van der Waals surface area contributed by atoms with E-state index >= 15 is 0 Å². The second-order valence-electron chi connectivity index (χ2n) is 6.46. The van der Waals surface area contributed by atoms with E-state index < -0.39 is 0 Å². The molecule has 5 heteroatoms. The minimum atomic E-state index is -0.0962. The smallest absolute Gasteiger partial charge is 0.104 e. The predicted octanol–water partition coefficient (Wildman–Crippen LogP) is 2.74. The van der Waals surface area contributed by atoms with Gasteiger partial charge in [-0.05, 0) is 19.2 Å². The van der Waals surface area contributed by atoms with Gasteiger partial charge >= 0.3 is 0 Å². The van der Waals surface area contributed by atoms with Crippen molar-refractivity contribution < 1.29 is 5.11 Å². The molecule has 0 unspecified atom stereocenters. The van der Waals surface area contributed by atoms with Gasteiger partial charge in [0.15, 0.2) is 0 Å². The summed E-state index contributed by atoms with van der Waals surface area (Å²) in [5, 5.41) is 18.3. The Morgan fingerprint density at radius 3 is 2.73 bits per heavy atom. The molecule has 0 spiro atoms.